The van der Waals surface area contributed by atoms with Crippen molar-refractivity contribution in [2.45, 2.75) is 53.0 Å². The fourth-order valence-electron chi connectivity index (χ4n) is 4.36. The van der Waals surface area contributed by atoms with Gasteiger partial charge in [0.15, 0.2) is 0 Å². The van der Waals surface area contributed by atoms with Crippen molar-refractivity contribution in [1.29, 1.82) is 0 Å². The van der Waals surface area contributed by atoms with Gasteiger partial charge in [-0.1, -0.05) is 38.0 Å². The maximum Gasteiger partial charge on any atom is 0.329 e. The largest absolute Gasteiger partial charge is 0.496 e. The number of carbonyl (C=O) groups is 3. The van der Waals surface area contributed by atoms with E-state index in [-0.39, 0.29) is 12.2 Å². The number of rotatable bonds is 10. The van der Waals surface area contributed by atoms with E-state index in [1.54, 1.807) is 45.4 Å². The first-order valence-electron chi connectivity index (χ1n) is 12.4. The molecule has 0 aliphatic rings. The van der Waals surface area contributed by atoms with Crippen LogP contribution in [-0.2, 0) is 4.79 Å². The van der Waals surface area contributed by atoms with E-state index in [4.69, 9.17) is 14.3 Å². The summed E-state index contributed by atoms with van der Waals surface area (Å²) in [6.45, 7) is 7.08. The van der Waals surface area contributed by atoms with Crippen LogP contribution < -0.4 is 19.6 Å². The third-order valence-corrected chi connectivity index (χ3v) is 6.09. The van der Waals surface area contributed by atoms with E-state index in [1.807, 2.05) is 25.1 Å². The number of nitrogens with zero attached hydrogens (tertiary/aromatic N) is 2. The summed E-state index contributed by atoms with van der Waals surface area (Å²) < 4.78 is 12.5. The van der Waals surface area contributed by atoms with E-state index < -0.39 is 23.9 Å². The van der Waals surface area contributed by atoms with Crippen LogP contribution in [0, 0.1) is 6.92 Å². The fraction of sp³-hybridized carbons (Fsp3) is 0.393. The van der Waals surface area contributed by atoms with Crippen LogP contribution in [-0.4, -0.2) is 48.3 Å². The highest BCUT2D eigenvalue weighted by molar-refractivity contribution is 6.06. The summed E-state index contributed by atoms with van der Waals surface area (Å²) in [6, 6.07) is 11.5. The summed E-state index contributed by atoms with van der Waals surface area (Å²) in [4.78, 5) is 45.4. The van der Waals surface area contributed by atoms with Crippen molar-refractivity contribution >= 4 is 28.8 Å². The van der Waals surface area contributed by atoms with Crippen LogP contribution in [0.2, 0.25) is 0 Å². The van der Waals surface area contributed by atoms with Crippen LogP contribution in [0.3, 0.4) is 0 Å². The molecule has 0 fully saturated rings. The number of unbranched alkanes of at least 4 members (excludes halogenated alkanes) is 1. The third-order valence-electron chi connectivity index (χ3n) is 6.09. The van der Waals surface area contributed by atoms with Gasteiger partial charge in [0.2, 0.25) is 0 Å². The SMILES string of the molecule is CCCCC(NC(=O)N(CC)C(=O)c1cc2ccccc2n1OC(C)=O)c1c(OC)cc(C)cc1OC. The van der Waals surface area contributed by atoms with Gasteiger partial charge in [-0.05, 0) is 50.1 Å². The molecule has 3 amide bonds. The lowest BCUT2D eigenvalue weighted by molar-refractivity contribution is -0.141. The molecule has 37 heavy (non-hydrogen) atoms. The summed E-state index contributed by atoms with van der Waals surface area (Å²) in [5.74, 6) is 0.0286. The molecule has 1 unspecified atom stereocenters. The Labute approximate surface area is 217 Å². The van der Waals surface area contributed by atoms with Crippen molar-refractivity contribution in [2.24, 2.45) is 0 Å². The normalized spacial score (nSPS) is 11.6. The zero-order valence-electron chi connectivity index (χ0n) is 22.3. The first-order chi connectivity index (χ1) is 17.7. The van der Waals surface area contributed by atoms with Gasteiger partial charge in [-0.15, -0.1) is 0 Å². The number of imide groups is 1. The molecule has 9 heteroatoms. The highest BCUT2D eigenvalue weighted by atomic mass is 16.7. The summed E-state index contributed by atoms with van der Waals surface area (Å²) in [6.07, 6.45) is 2.38. The number of aromatic nitrogens is 1. The van der Waals surface area contributed by atoms with Gasteiger partial charge in [0.1, 0.15) is 17.2 Å². The lowest BCUT2D eigenvalue weighted by Gasteiger charge is -2.27. The highest BCUT2D eigenvalue weighted by Crippen LogP contribution is 2.38. The summed E-state index contributed by atoms with van der Waals surface area (Å²) in [5.41, 5.74) is 2.30. The Morgan fingerprint density at radius 2 is 1.68 bits per heavy atom. The Kier molecular flexibility index (Phi) is 9.16. The topological polar surface area (TPSA) is 99.1 Å². The number of hydrogen-bond acceptors (Lipinski definition) is 6. The Bertz CT molecular complexity index is 1260. The van der Waals surface area contributed by atoms with Crippen LogP contribution >= 0.6 is 0 Å². The van der Waals surface area contributed by atoms with Crippen molar-refractivity contribution in [2.75, 3.05) is 20.8 Å². The molecule has 0 aliphatic carbocycles. The number of amides is 3. The van der Waals surface area contributed by atoms with Gasteiger partial charge in [0, 0.05) is 18.9 Å². The second-order valence-corrected chi connectivity index (χ2v) is 8.74. The van der Waals surface area contributed by atoms with Gasteiger partial charge in [0.05, 0.1) is 31.3 Å². The number of hydrogen-bond donors (Lipinski definition) is 1. The molecule has 0 aliphatic heterocycles. The van der Waals surface area contributed by atoms with E-state index in [1.165, 1.54) is 11.7 Å². The van der Waals surface area contributed by atoms with Gasteiger partial charge >= 0.3 is 12.0 Å². The number of aryl methyl sites for hydroxylation is 1. The molecule has 1 N–H and O–H groups in total. The molecule has 0 saturated carbocycles. The predicted octanol–water partition coefficient (Wildman–Crippen LogP) is 5.05. The van der Waals surface area contributed by atoms with E-state index in [0.717, 1.165) is 28.9 Å². The minimum absolute atomic E-state index is 0.0732. The summed E-state index contributed by atoms with van der Waals surface area (Å²) in [7, 11) is 3.15. The first-order valence-corrected chi connectivity index (χ1v) is 12.4. The van der Waals surface area contributed by atoms with Gasteiger partial charge in [0.25, 0.3) is 5.91 Å². The number of benzene rings is 2. The smallest absolute Gasteiger partial charge is 0.329 e. The number of urea groups is 1. The molecule has 2 aromatic carbocycles. The molecule has 0 saturated heterocycles. The standard InChI is InChI=1S/C28H35N3O6/c1-7-9-13-21(26-24(35-5)15-18(3)16-25(26)36-6)29-28(34)30(8-2)27(33)23-17-20-12-10-11-14-22(20)31(23)37-19(4)32/h10-12,14-17,21H,7-9,13H2,1-6H3,(H,29,34). The van der Waals surface area contributed by atoms with Crippen LogP contribution in [0.1, 0.15) is 67.7 Å². The fourth-order valence-corrected chi connectivity index (χ4v) is 4.36. The van der Waals surface area contributed by atoms with Crippen LogP contribution in [0.15, 0.2) is 42.5 Å². The average Bonchev–Trinajstić information content (AvgIpc) is 3.24. The van der Waals surface area contributed by atoms with Gasteiger partial charge in [-0.25, -0.2) is 9.59 Å². The van der Waals surface area contributed by atoms with Crippen LogP contribution in [0.25, 0.3) is 10.9 Å². The van der Waals surface area contributed by atoms with Crippen molar-refractivity contribution in [3.05, 3.63) is 59.3 Å². The summed E-state index contributed by atoms with van der Waals surface area (Å²) in [5, 5.41) is 3.73. The van der Waals surface area contributed by atoms with Crippen LogP contribution in [0.4, 0.5) is 4.79 Å². The molecule has 0 radical (unpaired) electrons. The maximum atomic E-state index is 13.6. The Hall–Kier alpha value is -4.01. The molecule has 198 valence electrons. The Morgan fingerprint density at radius 3 is 2.24 bits per heavy atom. The van der Waals surface area contributed by atoms with Crippen LogP contribution in [0.5, 0.6) is 11.5 Å². The molecule has 0 bridgehead atoms. The monoisotopic (exact) mass is 509 g/mol. The quantitative estimate of drug-likeness (QED) is 0.411. The average molecular weight is 510 g/mol. The van der Waals surface area contributed by atoms with Crippen molar-refractivity contribution in [3.8, 4) is 11.5 Å². The zero-order chi connectivity index (χ0) is 27.1. The number of para-hydroxylation sites is 1. The number of nitrogens with one attached hydrogen (secondary N) is 1. The predicted molar refractivity (Wildman–Crippen MR) is 141 cm³/mol. The van der Waals surface area contributed by atoms with Crippen molar-refractivity contribution < 1.29 is 28.7 Å². The maximum absolute atomic E-state index is 13.6. The number of carbonyl (C=O) groups excluding carboxylic acids is 3. The van der Waals surface area contributed by atoms with Crippen molar-refractivity contribution in [1.82, 2.24) is 14.9 Å². The molecule has 1 aromatic heterocycles. The molecule has 3 rings (SSSR count). The number of methoxy groups -OCH3 is 2. The number of ether oxygens (including phenoxy) is 2. The first kappa shape index (κ1) is 27.6. The van der Waals surface area contributed by atoms with E-state index in [2.05, 4.69) is 12.2 Å². The molecule has 9 nitrogen and oxygen atoms in total. The van der Waals surface area contributed by atoms with Gasteiger partial charge < -0.3 is 19.6 Å². The highest BCUT2D eigenvalue weighted by Gasteiger charge is 2.30. The second kappa shape index (κ2) is 12.3. The molecular weight excluding hydrogens is 474 g/mol. The molecule has 1 heterocycles. The van der Waals surface area contributed by atoms with Crippen molar-refractivity contribution in [3.63, 3.8) is 0 Å². The molecule has 1 atom stereocenters. The third kappa shape index (κ3) is 6.04. The molecular formula is C28H35N3O6. The van der Waals surface area contributed by atoms with Gasteiger partial charge in [-0.2, -0.15) is 4.73 Å². The zero-order valence-corrected chi connectivity index (χ0v) is 22.3. The Morgan fingerprint density at radius 1 is 1.03 bits per heavy atom. The molecule has 0 spiro atoms. The minimum atomic E-state index is -0.588. The summed E-state index contributed by atoms with van der Waals surface area (Å²) >= 11 is 0. The van der Waals surface area contributed by atoms with E-state index in [9.17, 15) is 14.4 Å². The minimum Gasteiger partial charge on any atom is -0.496 e. The van der Waals surface area contributed by atoms with Gasteiger partial charge in [-0.3, -0.25) is 9.69 Å². The molecule has 3 aromatic rings. The lowest BCUT2D eigenvalue weighted by Crippen LogP contribution is -2.46. The Balaban J connectivity index is 1.99. The number of fused-ring (bicyclic) bond motifs is 1. The van der Waals surface area contributed by atoms with E-state index in [0.29, 0.717) is 28.8 Å². The lowest BCUT2D eigenvalue weighted by atomic mass is 9.97. The van der Waals surface area contributed by atoms with E-state index >= 15 is 0 Å². The second-order valence-electron chi connectivity index (χ2n) is 8.74.